The molecule has 0 aromatic heterocycles. The lowest BCUT2D eigenvalue weighted by Crippen LogP contribution is -2.49. The van der Waals surface area contributed by atoms with Crippen molar-refractivity contribution in [2.45, 2.75) is 38.2 Å². The predicted octanol–water partition coefficient (Wildman–Crippen LogP) is 0.311. The molecule has 1 atom stereocenters. The van der Waals surface area contributed by atoms with Gasteiger partial charge in [0.1, 0.15) is 0 Å². The summed E-state index contributed by atoms with van der Waals surface area (Å²) in [5.41, 5.74) is -1.93. The van der Waals surface area contributed by atoms with Crippen molar-refractivity contribution in [2.24, 2.45) is 5.92 Å². The highest BCUT2D eigenvalue weighted by atomic mass is 16.4. The number of hydrogen-bond acceptors (Lipinski definition) is 3. The van der Waals surface area contributed by atoms with Gasteiger partial charge in [0.15, 0.2) is 5.60 Å². The highest BCUT2D eigenvalue weighted by Gasteiger charge is 2.30. The van der Waals surface area contributed by atoms with Gasteiger partial charge < -0.3 is 20.8 Å². The van der Waals surface area contributed by atoms with Crippen LogP contribution in [0.15, 0.2) is 0 Å². The molecule has 1 rings (SSSR count). The number of aliphatic hydroxyl groups is 1. The first-order chi connectivity index (χ1) is 7.92. The van der Waals surface area contributed by atoms with Gasteiger partial charge in [0.05, 0.1) is 6.54 Å². The third kappa shape index (κ3) is 5.53. The third-order valence-electron chi connectivity index (χ3n) is 2.83. The number of rotatable bonds is 7. The highest BCUT2D eigenvalue weighted by Crippen LogP contribution is 2.33. The second kappa shape index (κ2) is 5.86. The largest absolute Gasteiger partial charge is 0.479 e. The SMILES string of the molecule is CC(O)(CNC(=O)NCCCC1CC1)C(=O)O. The molecule has 1 unspecified atom stereocenters. The van der Waals surface area contributed by atoms with Gasteiger partial charge in [0, 0.05) is 6.54 Å². The summed E-state index contributed by atoms with van der Waals surface area (Å²) in [4.78, 5) is 21.8. The Hall–Kier alpha value is -1.30. The van der Waals surface area contributed by atoms with E-state index in [4.69, 9.17) is 5.11 Å². The molecule has 6 heteroatoms. The Bertz CT molecular complexity index is 287. The molecular formula is C11H20N2O4. The van der Waals surface area contributed by atoms with Crippen molar-refractivity contribution in [3.05, 3.63) is 0 Å². The van der Waals surface area contributed by atoms with Crippen LogP contribution in [0, 0.1) is 5.92 Å². The maximum Gasteiger partial charge on any atom is 0.337 e. The summed E-state index contributed by atoms with van der Waals surface area (Å²) in [5.74, 6) is -0.515. The van der Waals surface area contributed by atoms with Crippen LogP contribution in [0.3, 0.4) is 0 Å². The Morgan fingerprint density at radius 1 is 1.35 bits per heavy atom. The van der Waals surface area contributed by atoms with E-state index in [0.717, 1.165) is 25.7 Å². The van der Waals surface area contributed by atoms with Gasteiger partial charge in [-0.25, -0.2) is 9.59 Å². The van der Waals surface area contributed by atoms with Gasteiger partial charge in [0.2, 0.25) is 0 Å². The molecule has 0 spiro atoms. The lowest BCUT2D eigenvalue weighted by atomic mass is 10.1. The summed E-state index contributed by atoms with van der Waals surface area (Å²) < 4.78 is 0. The molecule has 1 fully saturated rings. The maximum absolute atomic E-state index is 11.2. The van der Waals surface area contributed by atoms with Crippen LogP contribution >= 0.6 is 0 Å². The standard InChI is InChI=1S/C11H20N2O4/c1-11(17,9(14)15)7-13-10(16)12-6-2-3-8-4-5-8/h8,17H,2-7H2,1H3,(H,14,15)(H2,12,13,16). The van der Waals surface area contributed by atoms with Gasteiger partial charge in [0.25, 0.3) is 0 Å². The minimum atomic E-state index is -1.93. The van der Waals surface area contributed by atoms with Gasteiger partial charge in [-0.05, 0) is 25.7 Å². The van der Waals surface area contributed by atoms with E-state index in [0.29, 0.717) is 6.54 Å². The van der Waals surface area contributed by atoms with Crippen LogP contribution in [-0.2, 0) is 4.79 Å². The normalized spacial score (nSPS) is 18.2. The summed E-state index contributed by atoms with van der Waals surface area (Å²) in [6.07, 6.45) is 4.67. The first-order valence-corrected chi connectivity index (χ1v) is 5.89. The van der Waals surface area contributed by atoms with E-state index in [1.54, 1.807) is 0 Å². The van der Waals surface area contributed by atoms with Crippen molar-refractivity contribution >= 4 is 12.0 Å². The molecule has 0 bridgehead atoms. The summed E-state index contributed by atoms with van der Waals surface area (Å²) in [6, 6.07) is -0.442. The fourth-order valence-electron chi connectivity index (χ4n) is 1.39. The van der Waals surface area contributed by atoms with Crippen molar-refractivity contribution in [3.63, 3.8) is 0 Å². The van der Waals surface area contributed by atoms with E-state index in [2.05, 4.69) is 10.6 Å². The van der Waals surface area contributed by atoms with Crippen molar-refractivity contribution < 1.29 is 19.8 Å². The lowest BCUT2D eigenvalue weighted by Gasteiger charge is -2.18. The number of hydrogen-bond donors (Lipinski definition) is 4. The van der Waals surface area contributed by atoms with Gasteiger partial charge in [-0.2, -0.15) is 0 Å². The molecule has 0 aliphatic heterocycles. The second-order valence-corrected chi connectivity index (χ2v) is 4.77. The maximum atomic E-state index is 11.2. The molecule has 0 saturated heterocycles. The number of carbonyl (C=O) groups is 2. The number of carbonyl (C=O) groups excluding carboxylic acids is 1. The first-order valence-electron chi connectivity index (χ1n) is 5.89. The van der Waals surface area contributed by atoms with E-state index in [9.17, 15) is 14.7 Å². The second-order valence-electron chi connectivity index (χ2n) is 4.77. The minimum absolute atomic E-state index is 0.309. The molecule has 1 aliphatic rings. The molecule has 0 radical (unpaired) electrons. The van der Waals surface area contributed by atoms with E-state index in [1.165, 1.54) is 12.8 Å². The van der Waals surface area contributed by atoms with Crippen molar-refractivity contribution in [1.29, 1.82) is 0 Å². The van der Waals surface area contributed by atoms with Crippen LogP contribution in [0.2, 0.25) is 0 Å². The van der Waals surface area contributed by atoms with Crippen molar-refractivity contribution in [1.82, 2.24) is 10.6 Å². The van der Waals surface area contributed by atoms with Crippen LogP contribution in [0.1, 0.15) is 32.6 Å². The van der Waals surface area contributed by atoms with Crippen molar-refractivity contribution in [3.8, 4) is 0 Å². The topological polar surface area (TPSA) is 98.7 Å². The molecule has 2 amide bonds. The summed E-state index contributed by atoms with van der Waals surface area (Å²) in [7, 11) is 0. The van der Waals surface area contributed by atoms with E-state index >= 15 is 0 Å². The summed E-state index contributed by atoms with van der Waals surface area (Å²) in [5, 5.41) is 22.9. The molecule has 1 aliphatic carbocycles. The van der Waals surface area contributed by atoms with Crippen LogP contribution < -0.4 is 10.6 Å². The zero-order valence-electron chi connectivity index (χ0n) is 10.0. The van der Waals surface area contributed by atoms with Crippen LogP contribution in [-0.4, -0.2) is 40.9 Å². The number of amides is 2. The number of carboxylic acids is 1. The Morgan fingerprint density at radius 3 is 2.53 bits per heavy atom. The molecule has 1 saturated carbocycles. The van der Waals surface area contributed by atoms with Crippen LogP contribution in [0.5, 0.6) is 0 Å². The highest BCUT2D eigenvalue weighted by molar-refractivity contribution is 5.79. The third-order valence-corrected chi connectivity index (χ3v) is 2.83. The average Bonchev–Trinajstić information content (AvgIpc) is 3.05. The minimum Gasteiger partial charge on any atom is -0.479 e. The zero-order chi connectivity index (χ0) is 12.9. The fourth-order valence-corrected chi connectivity index (χ4v) is 1.39. The molecule has 98 valence electrons. The number of carboxylic acid groups (broad SMARTS) is 1. The fraction of sp³-hybridized carbons (Fsp3) is 0.818. The van der Waals surface area contributed by atoms with E-state index in [-0.39, 0.29) is 6.54 Å². The number of urea groups is 1. The van der Waals surface area contributed by atoms with E-state index in [1.807, 2.05) is 0 Å². The summed E-state index contributed by atoms with van der Waals surface area (Å²) >= 11 is 0. The van der Waals surface area contributed by atoms with Crippen LogP contribution in [0.4, 0.5) is 4.79 Å². The molecule has 6 nitrogen and oxygen atoms in total. The zero-order valence-corrected chi connectivity index (χ0v) is 10.0. The number of nitrogens with one attached hydrogen (secondary N) is 2. The van der Waals surface area contributed by atoms with Crippen molar-refractivity contribution in [2.75, 3.05) is 13.1 Å². The monoisotopic (exact) mass is 244 g/mol. The Balaban J connectivity index is 2.05. The molecule has 17 heavy (non-hydrogen) atoms. The van der Waals surface area contributed by atoms with Crippen LogP contribution in [0.25, 0.3) is 0 Å². The van der Waals surface area contributed by atoms with Gasteiger partial charge in [-0.1, -0.05) is 12.8 Å². The molecule has 0 aromatic carbocycles. The molecule has 0 aromatic rings. The quantitative estimate of drug-likeness (QED) is 0.484. The molecule has 4 N–H and O–H groups in total. The Morgan fingerprint density at radius 2 is 2.00 bits per heavy atom. The molecule has 0 heterocycles. The number of aliphatic carboxylic acids is 1. The summed E-state index contributed by atoms with van der Waals surface area (Å²) in [6.45, 7) is 1.41. The average molecular weight is 244 g/mol. The predicted molar refractivity (Wildman–Crippen MR) is 61.6 cm³/mol. The molecular weight excluding hydrogens is 224 g/mol. The smallest absolute Gasteiger partial charge is 0.337 e. The Kier molecular flexibility index (Phi) is 4.74. The lowest BCUT2D eigenvalue weighted by molar-refractivity contribution is -0.155. The van der Waals surface area contributed by atoms with Gasteiger partial charge in [-0.3, -0.25) is 0 Å². The van der Waals surface area contributed by atoms with E-state index < -0.39 is 17.6 Å². The van der Waals surface area contributed by atoms with Gasteiger partial charge >= 0.3 is 12.0 Å². The first kappa shape index (κ1) is 13.8. The van der Waals surface area contributed by atoms with Gasteiger partial charge in [-0.15, -0.1) is 0 Å². The Labute approximate surface area is 100 Å².